The first kappa shape index (κ1) is 18.7. The maximum Gasteiger partial charge on any atom is 0.254 e. The van der Waals surface area contributed by atoms with Gasteiger partial charge in [0.15, 0.2) is 0 Å². The Labute approximate surface area is 157 Å². The number of aryl methyl sites for hydroxylation is 3. The highest BCUT2D eigenvalue weighted by Crippen LogP contribution is 2.25. The van der Waals surface area contributed by atoms with Crippen molar-refractivity contribution in [1.82, 2.24) is 9.47 Å². The van der Waals surface area contributed by atoms with Crippen LogP contribution in [0.4, 0.5) is 0 Å². The fraction of sp³-hybridized carbons (Fsp3) is 0.500. The average Bonchev–Trinajstić information content (AvgIpc) is 3.01. The van der Waals surface area contributed by atoms with Crippen LogP contribution in [-0.2, 0) is 19.9 Å². The molecule has 140 valence electrons. The molecule has 0 radical (unpaired) electrons. The smallest absolute Gasteiger partial charge is 0.254 e. The minimum absolute atomic E-state index is 0.160. The van der Waals surface area contributed by atoms with Crippen LogP contribution < -0.4 is 5.73 Å². The maximum absolute atomic E-state index is 12.9. The highest BCUT2D eigenvalue weighted by molar-refractivity contribution is 5.97. The molecule has 0 fully saturated rings. The van der Waals surface area contributed by atoms with Gasteiger partial charge in [-0.15, -0.1) is 0 Å². The van der Waals surface area contributed by atoms with E-state index in [2.05, 4.69) is 56.8 Å². The highest BCUT2D eigenvalue weighted by Gasteiger charge is 2.28. The molecule has 26 heavy (non-hydrogen) atoms. The quantitative estimate of drug-likeness (QED) is 0.865. The van der Waals surface area contributed by atoms with Gasteiger partial charge in [0.1, 0.15) is 0 Å². The van der Waals surface area contributed by atoms with Gasteiger partial charge in [-0.3, -0.25) is 4.79 Å². The minimum Gasteiger partial charge on any atom is -0.354 e. The molecule has 4 nitrogen and oxygen atoms in total. The number of carbonyl (C=O) groups is 1. The van der Waals surface area contributed by atoms with E-state index in [0.29, 0.717) is 0 Å². The second kappa shape index (κ2) is 7.28. The molecule has 0 saturated heterocycles. The van der Waals surface area contributed by atoms with Gasteiger partial charge in [-0.25, -0.2) is 0 Å². The van der Waals surface area contributed by atoms with Gasteiger partial charge < -0.3 is 15.2 Å². The first-order valence-electron chi connectivity index (χ1n) is 9.56. The molecule has 1 amide bonds. The molecule has 2 aromatic rings. The fourth-order valence-electron chi connectivity index (χ4n) is 3.81. The summed E-state index contributed by atoms with van der Waals surface area (Å²) in [6, 6.07) is 8.26. The Bertz CT molecular complexity index is 804. The largest absolute Gasteiger partial charge is 0.354 e. The monoisotopic (exact) mass is 353 g/mol. The van der Waals surface area contributed by atoms with Crippen molar-refractivity contribution in [3.05, 3.63) is 58.4 Å². The van der Waals surface area contributed by atoms with Crippen molar-refractivity contribution in [2.75, 3.05) is 13.1 Å². The van der Waals surface area contributed by atoms with Gasteiger partial charge in [0.05, 0.1) is 0 Å². The molecule has 0 spiro atoms. The summed E-state index contributed by atoms with van der Waals surface area (Å²) in [6.07, 6.45) is 5.72. The zero-order valence-electron chi connectivity index (χ0n) is 16.5. The number of amides is 1. The number of nitrogens with zero attached hydrogens (tertiary/aromatic N) is 2. The normalized spacial score (nSPS) is 16.5. The second-order valence-electron chi connectivity index (χ2n) is 8.09. The molecule has 1 aliphatic rings. The number of nitrogens with two attached hydrogens (primary N) is 1. The van der Waals surface area contributed by atoms with Crippen molar-refractivity contribution in [2.24, 2.45) is 12.8 Å². The molecule has 2 heterocycles. The van der Waals surface area contributed by atoms with Crippen LogP contribution in [0.2, 0.25) is 0 Å². The van der Waals surface area contributed by atoms with Crippen LogP contribution in [0.5, 0.6) is 0 Å². The molecule has 2 N–H and O–H groups in total. The third kappa shape index (κ3) is 3.85. The van der Waals surface area contributed by atoms with Gasteiger partial charge in [-0.2, -0.15) is 0 Å². The Morgan fingerprint density at radius 3 is 2.65 bits per heavy atom. The topological polar surface area (TPSA) is 51.3 Å². The van der Waals surface area contributed by atoms with Gasteiger partial charge in [-0.1, -0.05) is 6.07 Å². The SMILES string of the molecule is Cc1ccc2c(c1C)CCN(CCC(C)(N)CCc1cccn1C)C2=O. The van der Waals surface area contributed by atoms with Gasteiger partial charge in [0, 0.05) is 43.1 Å². The molecule has 4 heteroatoms. The summed E-state index contributed by atoms with van der Waals surface area (Å²) in [4.78, 5) is 14.8. The van der Waals surface area contributed by atoms with E-state index in [1.54, 1.807) is 0 Å². The lowest BCUT2D eigenvalue weighted by atomic mass is 9.89. The third-order valence-electron chi connectivity index (χ3n) is 5.98. The van der Waals surface area contributed by atoms with Gasteiger partial charge in [-0.05, 0) is 81.3 Å². The van der Waals surface area contributed by atoms with E-state index in [1.807, 2.05) is 11.0 Å². The molecule has 1 atom stereocenters. The summed E-state index contributed by atoms with van der Waals surface area (Å²) in [7, 11) is 2.07. The molecule has 0 bridgehead atoms. The van der Waals surface area contributed by atoms with E-state index in [0.717, 1.165) is 44.3 Å². The van der Waals surface area contributed by atoms with Crippen molar-refractivity contribution in [3.63, 3.8) is 0 Å². The van der Waals surface area contributed by atoms with Gasteiger partial charge in [0.25, 0.3) is 5.91 Å². The van der Waals surface area contributed by atoms with Gasteiger partial charge in [0.2, 0.25) is 0 Å². The lowest BCUT2D eigenvalue weighted by Crippen LogP contribution is -2.44. The van der Waals surface area contributed by atoms with E-state index < -0.39 is 0 Å². The molecule has 1 aliphatic heterocycles. The van der Waals surface area contributed by atoms with E-state index in [1.165, 1.54) is 22.4 Å². The van der Waals surface area contributed by atoms with Crippen LogP contribution in [0, 0.1) is 13.8 Å². The van der Waals surface area contributed by atoms with Crippen LogP contribution in [0.3, 0.4) is 0 Å². The molecular weight excluding hydrogens is 322 g/mol. The van der Waals surface area contributed by atoms with E-state index in [9.17, 15) is 4.79 Å². The summed E-state index contributed by atoms with van der Waals surface area (Å²) >= 11 is 0. The molecule has 3 rings (SSSR count). The zero-order valence-corrected chi connectivity index (χ0v) is 16.5. The molecule has 0 aliphatic carbocycles. The lowest BCUT2D eigenvalue weighted by molar-refractivity contribution is 0.0726. The Morgan fingerprint density at radius 1 is 1.19 bits per heavy atom. The van der Waals surface area contributed by atoms with Crippen molar-refractivity contribution in [3.8, 4) is 0 Å². The predicted molar refractivity (Wildman–Crippen MR) is 106 cm³/mol. The van der Waals surface area contributed by atoms with E-state index in [-0.39, 0.29) is 11.4 Å². The molecule has 0 saturated carbocycles. The summed E-state index contributed by atoms with van der Waals surface area (Å²) in [5, 5.41) is 0. The number of hydrogen-bond acceptors (Lipinski definition) is 2. The Hall–Kier alpha value is -2.07. The molecule has 1 unspecified atom stereocenters. The second-order valence-corrected chi connectivity index (χ2v) is 8.09. The van der Waals surface area contributed by atoms with Crippen molar-refractivity contribution in [1.29, 1.82) is 0 Å². The number of benzene rings is 1. The minimum atomic E-state index is -0.270. The van der Waals surface area contributed by atoms with Crippen molar-refractivity contribution in [2.45, 2.75) is 52.0 Å². The first-order valence-corrected chi connectivity index (χ1v) is 9.56. The van der Waals surface area contributed by atoms with Crippen LogP contribution in [-0.4, -0.2) is 34.0 Å². The standard InChI is InChI=1S/C22H31N3O/c1-16-7-8-20-19(17(16)2)10-14-25(21(20)26)15-12-22(3,23)11-9-18-6-5-13-24(18)4/h5-8,13H,9-12,14-15,23H2,1-4H3. The molecule has 1 aromatic carbocycles. The fourth-order valence-corrected chi connectivity index (χ4v) is 3.81. The lowest BCUT2D eigenvalue weighted by Gasteiger charge is -2.33. The Kier molecular flexibility index (Phi) is 5.24. The number of fused-ring (bicyclic) bond motifs is 1. The van der Waals surface area contributed by atoms with E-state index >= 15 is 0 Å². The molecule has 1 aromatic heterocycles. The van der Waals surface area contributed by atoms with Gasteiger partial charge >= 0.3 is 0 Å². The van der Waals surface area contributed by atoms with Crippen LogP contribution in [0.1, 0.15) is 52.5 Å². The number of carbonyl (C=O) groups excluding carboxylic acids is 1. The summed E-state index contributed by atoms with van der Waals surface area (Å²) in [5.74, 6) is 0.160. The number of hydrogen-bond donors (Lipinski definition) is 1. The maximum atomic E-state index is 12.9. The predicted octanol–water partition coefficient (Wildman–Crippen LogP) is 3.38. The number of aromatic nitrogens is 1. The number of rotatable bonds is 6. The first-order chi connectivity index (χ1) is 12.3. The van der Waals surface area contributed by atoms with Crippen LogP contribution in [0.15, 0.2) is 30.5 Å². The van der Waals surface area contributed by atoms with Crippen LogP contribution in [0.25, 0.3) is 0 Å². The average molecular weight is 354 g/mol. The summed E-state index contributed by atoms with van der Waals surface area (Å²) < 4.78 is 2.14. The van der Waals surface area contributed by atoms with Crippen molar-refractivity contribution < 1.29 is 4.79 Å². The Balaban J connectivity index is 1.60. The summed E-state index contributed by atoms with van der Waals surface area (Å²) in [5.41, 5.74) is 12.2. The summed E-state index contributed by atoms with van der Waals surface area (Å²) in [6.45, 7) is 7.86. The Morgan fingerprint density at radius 2 is 1.96 bits per heavy atom. The molecular formula is C22H31N3O. The van der Waals surface area contributed by atoms with Crippen LogP contribution >= 0.6 is 0 Å². The van der Waals surface area contributed by atoms with Crippen molar-refractivity contribution >= 4 is 5.91 Å². The zero-order chi connectivity index (χ0) is 18.9. The highest BCUT2D eigenvalue weighted by atomic mass is 16.2. The third-order valence-corrected chi connectivity index (χ3v) is 5.98. The van der Waals surface area contributed by atoms with E-state index in [4.69, 9.17) is 5.73 Å².